The van der Waals surface area contributed by atoms with Crippen molar-refractivity contribution in [1.29, 1.82) is 0 Å². The highest BCUT2D eigenvalue weighted by molar-refractivity contribution is 5.63. The Kier molecular flexibility index (Phi) is 4.92. The number of hydrogen-bond acceptors (Lipinski definition) is 5. The van der Waals surface area contributed by atoms with E-state index in [4.69, 9.17) is 5.73 Å². The summed E-state index contributed by atoms with van der Waals surface area (Å²) in [7, 11) is 0. The number of nitrogens with zero attached hydrogens (tertiary/aromatic N) is 3. The summed E-state index contributed by atoms with van der Waals surface area (Å²) in [6.07, 6.45) is 0.996. The van der Waals surface area contributed by atoms with Crippen LogP contribution < -0.4 is 10.6 Å². The van der Waals surface area contributed by atoms with E-state index in [0.717, 1.165) is 38.3 Å². The third kappa shape index (κ3) is 3.26. The zero-order valence-corrected chi connectivity index (χ0v) is 11.9. The topological polar surface area (TPSA) is 75.6 Å². The van der Waals surface area contributed by atoms with Gasteiger partial charge in [-0.2, -0.15) is 0 Å². The first kappa shape index (κ1) is 14.7. The maximum absolute atomic E-state index is 11.1. The number of benzene rings is 1. The second-order valence-electron chi connectivity index (χ2n) is 5.22. The largest absolute Gasteiger partial charge is 0.363 e. The van der Waals surface area contributed by atoms with Crippen LogP contribution in [-0.4, -0.2) is 48.6 Å². The Morgan fingerprint density at radius 1 is 1.40 bits per heavy atom. The Morgan fingerprint density at radius 3 is 2.80 bits per heavy atom. The van der Waals surface area contributed by atoms with E-state index in [2.05, 4.69) is 16.7 Å². The number of nitro benzene ring substituents is 1. The van der Waals surface area contributed by atoms with Crippen LogP contribution in [-0.2, 0) is 0 Å². The lowest BCUT2D eigenvalue weighted by molar-refractivity contribution is -0.384. The molecule has 0 radical (unpaired) electrons. The van der Waals surface area contributed by atoms with Crippen molar-refractivity contribution in [2.24, 2.45) is 5.73 Å². The van der Waals surface area contributed by atoms with Gasteiger partial charge in [0, 0.05) is 31.7 Å². The standard InChI is InChI=1S/C14H22N4O2/c1-12-11-17(10-9-16(12)8-4-7-15)13-5-2-3-6-14(13)18(19)20/h2-3,5-6,12H,4,7-11,15H2,1H3/t12-/m0/s1. The number of piperazine rings is 1. The zero-order valence-electron chi connectivity index (χ0n) is 11.9. The van der Waals surface area contributed by atoms with Gasteiger partial charge in [0.25, 0.3) is 5.69 Å². The molecule has 0 unspecified atom stereocenters. The molecule has 6 heteroatoms. The van der Waals surface area contributed by atoms with Crippen LogP contribution in [0.5, 0.6) is 0 Å². The van der Waals surface area contributed by atoms with Crippen molar-refractivity contribution >= 4 is 11.4 Å². The fourth-order valence-electron chi connectivity index (χ4n) is 2.73. The maximum atomic E-state index is 11.1. The van der Waals surface area contributed by atoms with Gasteiger partial charge in [0.1, 0.15) is 5.69 Å². The van der Waals surface area contributed by atoms with E-state index in [1.165, 1.54) is 0 Å². The lowest BCUT2D eigenvalue weighted by Gasteiger charge is -2.40. The minimum absolute atomic E-state index is 0.190. The summed E-state index contributed by atoms with van der Waals surface area (Å²) in [6.45, 7) is 6.43. The van der Waals surface area contributed by atoms with Gasteiger partial charge in [0.15, 0.2) is 0 Å². The number of rotatable bonds is 5. The predicted molar refractivity (Wildman–Crippen MR) is 80.0 cm³/mol. The molecule has 0 aromatic heterocycles. The van der Waals surface area contributed by atoms with Gasteiger partial charge in [-0.25, -0.2) is 0 Å². The average molecular weight is 278 g/mol. The van der Waals surface area contributed by atoms with Gasteiger partial charge in [-0.05, 0) is 32.5 Å². The first-order valence-electron chi connectivity index (χ1n) is 7.06. The van der Waals surface area contributed by atoms with E-state index in [9.17, 15) is 10.1 Å². The lowest BCUT2D eigenvalue weighted by Crippen LogP contribution is -2.52. The van der Waals surface area contributed by atoms with Crippen molar-refractivity contribution in [2.45, 2.75) is 19.4 Å². The minimum atomic E-state index is -0.305. The smallest absolute Gasteiger partial charge is 0.292 e. The van der Waals surface area contributed by atoms with E-state index >= 15 is 0 Å². The predicted octanol–water partition coefficient (Wildman–Crippen LogP) is 1.45. The van der Waals surface area contributed by atoms with Gasteiger partial charge >= 0.3 is 0 Å². The molecule has 1 heterocycles. The second kappa shape index (κ2) is 6.67. The molecule has 1 aromatic rings. The zero-order chi connectivity index (χ0) is 14.5. The fraction of sp³-hybridized carbons (Fsp3) is 0.571. The first-order chi connectivity index (χ1) is 9.63. The summed E-state index contributed by atoms with van der Waals surface area (Å²) in [5.74, 6) is 0. The van der Waals surface area contributed by atoms with Gasteiger partial charge in [0.05, 0.1) is 4.92 Å². The Balaban J connectivity index is 2.08. The normalized spacial score (nSPS) is 20.1. The Hall–Kier alpha value is -1.66. The van der Waals surface area contributed by atoms with Crippen LogP contribution in [0.3, 0.4) is 0 Å². The molecule has 0 saturated carbocycles. The quantitative estimate of drug-likeness (QED) is 0.652. The highest BCUT2D eigenvalue weighted by Gasteiger charge is 2.26. The molecule has 1 saturated heterocycles. The molecular formula is C14H22N4O2. The van der Waals surface area contributed by atoms with E-state index in [1.807, 2.05) is 12.1 Å². The number of para-hydroxylation sites is 2. The van der Waals surface area contributed by atoms with E-state index in [1.54, 1.807) is 12.1 Å². The van der Waals surface area contributed by atoms with Crippen molar-refractivity contribution in [3.63, 3.8) is 0 Å². The molecule has 0 aliphatic carbocycles. The van der Waals surface area contributed by atoms with Gasteiger partial charge in [-0.15, -0.1) is 0 Å². The summed E-state index contributed by atoms with van der Waals surface area (Å²) in [5.41, 5.74) is 6.47. The van der Waals surface area contributed by atoms with Crippen molar-refractivity contribution in [3.05, 3.63) is 34.4 Å². The third-order valence-electron chi connectivity index (χ3n) is 3.83. The molecule has 1 aliphatic rings. The molecule has 1 atom stereocenters. The number of nitrogens with two attached hydrogens (primary N) is 1. The Morgan fingerprint density at radius 2 is 2.15 bits per heavy atom. The summed E-state index contributed by atoms with van der Waals surface area (Å²) >= 11 is 0. The van der Waals surface area contributed by atoms with Crippen LogP contribution in [0.4, 0.5) is 11.4 Å². The van der Waals surface area contributed by atoms with Crippen LogP contribution >= 0.6 is 0 Å². The van der Waals surface area contributed by atoms with Crippen LogP contribution in [0.15, 0.2) is 24.3 Å². The van der Waals surface area contributed by atoms with Crippen molar-refractivity contribution in [1.82, 2.24) is 4.90 Å². The highest BCUT2D eigenvalue weighted by atomic mass is 16.6. The molecule has 0 amide bonds. The fourth-order valence-corrected chi connectivity index (χ4v) is 2.73. The minimum Gasteiger partial charge on any atom is -0.363 e. The van der Waals surface area contributed by atoms with Crippen LogP contribution in [0, 0.1) is 10.1 Å². The van der Waals surface area contributed by atoms with Gasteiger partial charge < -0.3 is 10.6 Å². The van der Waals surface area contributed by atoms with Crippen molar-refractivity contribution in [3.8, 4) is 0 Å². The molecule has 0 bridgehead atoms. The third-order valence-corrected chi connectivity index (χ3v) is 3.83. The SMILES string of the molecule is C[C@H]1CN(c2ccccc2[N+](=O)[O-])CCN1CCCN. The Labute approximate surface area is 119 Å². The van der Waals surface area contributed by atoms with Crippen molar-refractivity contribution < 1.29 is 4.92 Å². The van der Waals surface area contributed by atoms with E-state index < -0.39 is 0 Å². The number of anilines is 1. The summed E-state index contributed by atoms with van der Waals surface area (Å²) in [4.78, 5) is 15.3. The van der Waals surface area contributed by atoms with Gasteiger partial charge in [-0.3, -0.25) is 15.0 Å². The molecule has 6 nitrogen and oxygen atoms in total. The van der Waals surface area contributed by atoms with E-state index in [0.29, 0.717) is 12.6 Å². The Bertz CT molecular complexity index is 466. The molecule has 1 aliphatic heterocycles. The second-order valence-corrected chi connectivity index (χ2v) is 5.22. The molecule has 0 spiro atoms. The highest BCUT2D eigenvalue weighted by Crippen LogP contribution is 2.29. The number of nitro groups is 1. The number of hydrogen-bond donors (Lipinski definition) is 1. The average Bonchev–Trinajstić information content (AvgIpc) is 2.46. The first-order valence-corrected chi connectivity index (χ1v) is 7.06. The van der Waals surface area contributed by atoms with Gasteiger partial charge in [0.2, 0.25) is 0 Å². The molecule has 20 heavy (non-hydrogen) atoms. The van der Waals surface area contributed by atoms with Crippen molar-refractivity contribution in [2.75, 3.05) is 37.6 Å². The summed E-state index contributed by atoms with van der Waals surface area (Å²) < 4.78 is 0. The molecule has 2 rings (SSSR count). The molecule has 1 fully saturated rings. The van der Waals surface area contributed by atoms with Crippen LogP contribution in [0.1, 0.15) is 13.3 Å². The lowest BCUT2D eigenvalue weighted by atomic mass is 10.1. The molecule has 2 N–H and O–H groups in total. The van der Waals surface area contributed by atoms with Crippen LogP contribution in [0.25, 0.3) is 0 Å². The molecule has 1 aromatic carbocycles. The molecule has 110 valence electrons. The van der Waals surface area contributed by atoms with Crippen LogP contribution in [0.2, 0.25) is 0 Å². The van der Waals surface area contributed by atoms with Gasteiger partial charge in [-0.1, -0.05) is 12.1 Å². The summed E-state index contributed by atoms with van der Waals surface area (Å²) in [5, 5.41) is 11.1. The maximum Gasteiger partial charge on any atom is 0.292 e. The monoisotopic (exact) mass is 278 g/mol. The van der Waals surface area contributed by atoms with E-state index in [-0.39, 0.29) is 10.6 Å². The summed E-state index contributed by atoms with van der Waals surface area (Å²) in [6, 6.07) is 7.35. The molecular weight excluding hydrogens is 256 g/mol.